The van der Waals surface area contributed by atoms with Gasteiger partial charge in [0.05, 0.1) is 7.11 Å². The van der Waals surface area contributed by atoms with Gasteiger partial charge in [0, 0.05) is 37.8 Å². The van der Waals surface area contributed by atoms with Crippen LogP contribution in [0.25, 0.3) is 0 Å². The molecule has 1 aliphatic heterocycles. The molecule has 0 aromatic heterocycles. The monoisotopic (exact) mass is 516 g/mol. The van der Waals surface area contributed by atoms with Crippen molar-refractivity contribution in [1.82, 2.24) is 0 Å². The first-order valence-corrected chi connectivity index (χ1v) is 11.5. The number of hydrogen-bond acceptors (Lipinski definition) is 13. The van der Waals surface area contributed by atoms with Crippen molar-refractivity contribution in [3.63, 3.8) is 0 Å². The van der Waals surface area contributed by atoms with E-state index in [0.29, 0.717) is 0 Å². The molecule has 202 valence electrons. The maximum atomic E-state index is 12.2. The van der Waals surface area contributed by atoms with Crippen molar-refractivity contribution in [2.45, 2.75) is 84.1 Å². The average Bonchev–Trinajstić information content (AvgIpc) is 2.88. The van der Waals surface area contributed by atoms with E-state index in [2.05, 4.69) is 4.74 Å². The van der Waals surface area contributed by atoms with Gasteiger partial charge >= 0.3 is 35.8 Å². The summed E-state index contributed by atoms with van der Waals surface area (Å²) >= 11 is 0. The fourth-order valence-corrected chi connectivity index (χ4v) is 2.84. The molecule has 1 fully saturated rings. The zero-order valence-corrected chi connectivity index (χ0v) is 20.9. The van der Waals surface area contributed by atoms with E-state index in [1.165, 1.54) is 27.7 Å². The molecule has 0 bridgehead atoms. The van der Waals surface area contributed by atoms with Gasteiger partial charge in [-0.25, -0.2) is 9.59 Å². The third-order valence-electron chi connectivity index (χ3n) is 4.74. The lowest BCUT2D eigenvalue weighted by Crippen LogP contribution is -2.63. The minimum atomic E-state index is -1.58. The summed E-state index contributed by atoms with van der Waals surface area (Å²) in [6, 6.07) is 0. The summed E-state index contributed by atoms with van der Waals surface area (Å²) < 4.78 is 36.7. The van der Waals surface area contributed by atoms with Crippen LogP contribution in [0.5, 0.6) is 0 Å². The molecule has 5 atom stereocenters. The van der Waals surface area contributed by atoms with E-state index in [1.807, 2.05) is 0 Å². The molecule has 0 aliphatic carbocycles. The number of hydrogen-bond donors (Lipinski definition) is 0. The lowest BCUT2D eigenvalue weighted by Gasteiger charge is -2.43. The van der Waals surface area contributed by atoms with Crippen LogP contribution in [0, 0.1) is 0 Å². The fraction of sp³-hybridized carbons (Fsp3) is 0.652. The first-order chi connectivity index (χ1) is 17.1. The van der Waals surface area contributed by atoms with Crippen molar-refractivity contribution in [2.75, 3.05) is 13.7 Å². The topological polar surface area (TPSA) is 167 Å². The van der Waals surface area contributed by atoms with E-state index in [1.54, 1.807) is 0 Å². The van der Waals surface area contributed by atoms with Crippen LogP contribution in [0.1, 0.15) is 53.4 Å². The Kier molecular flexibility index (Phi) is 13.2. The minimum absolute atomic E-state index is 0.0556. The summed E-state index contributed by atoms with van der Waals surface area (Å²) in [6.07, 6.45) is -5.85. The fourth-order valence-electron chi connectivity index (χ4n) is 2.84. The highest BCUT2D eigenvalue weighted by atomic mass is 16.7. The number of carbonyl (C=O) groups excluding carboxylic acids is 6. The van der Waals surface area contributed by atoms with Crippen LogP contribution in [0.2, 0.25) is 0 Å². The standard InChI is InChI=1S/C23H32O13/c1-6-14(24)33-20-13(12-31-19(29)11-10-18(28)30-5)32-23(36-17(27)9-4)22(35-16(26)8-3)21(20)34-15(25)7-2/h10-11,13,20-23H,6-9,12H2,1-5H3/b11-10+/t13-,20+,21+,22-,23?/m1/s1. The van der Waals surface area contributed by atoms with Crippen molar-refractivity contribution in [1.29, 1.82) is 0 Å². The second kappa shape index (κ2) is 15.5. The van der Waals surface area contributed by atoms with Gasteiger partial charge in [-0.15, -0.1) is 0 Å². The Morgan fingerprint density at radius 1 is 0.639 bits per heavy atom. The molecular weight excluding hydrogens is 484 g/mol. The van der Waals surface area contributed by atoms with E-state index in [0.717, 1.165) is 19.3 Å². The Hall–Kier alpha value is -3.48. The molecule has 0 radical (unpaired) electrons. The molecule has 13 heteroatoms. The molecule has 1 saturated heterocycles. The summed E-state index contributed by atoms with van der Waals surface area (Å²) in [6.45, 7) is 5.51. The molecule has 1 aliphatic rings. The van der Waals surface area contributed by atoms with Gasteiger partial charge < -0.3 is 33.2 Å². The van der Waals surface area contributed by atoms with Crippen LogP contribution in [-0.2, 0) is 61.9 Å². The molecule has 0 aromatic carbocycles. The summed E-state index contributed by atoms with van der Waals surface area (Å²) in [4.78, 5) is 71.8. The zero-order valence-electron chi connectivity index (χ0n) is 20.9. The molecule has 36 heavy (non-hydrogen) atoms. The van der Waals surface area contributed by atoms with E-state index >= 15 is 0 Å². The Bertz CT molecular complexity index is 834. The van der Waals surface area contributed by atoms with Crippen molar-refractivity contribution >= 4 is 35.8 Å². The van der Waals surface area contributed by atoms with Gasteiger partial charge in [-0.1, -0.05) is 27.7 Å². The summed E-state index contributed by atoms with van der Waals surface area (Å²) in [7, 11) is 1.12. The van der Waals surface area contributed by atoms with Gasteiger partial charge in [-0.05, 0) is 0 Å². The third kappa shape index (κ3) is 9.64. The Balaban J connectivity index is 3.37. The summed E-state index contributed by atoms with van der Waals surface area (Å²) in [5.74, 6) is -4.65. The van der Waals surface area contributed by atoms with Crippen LogP contribution >= 0.6 is 0 Å². The largest absolute Gasteiger partial charge is 0.466 e. The lowest BCUT2D eigenvalue weighted by molar-refractivity contribution is -0.301. The number of esters is 6. The normalized spacial score (nSPS) is 23.3. The number of ether oxygens (including phenoxy) is 7. The summed E-state index contributed by atoms with van der Waals surface area (Å²) in [5, 5.41) is 0. The first-order valence-electron chi connectivity index (χ1n) is 11.5. The van der Waals surface area contributed by atoms with E-state index in [-0.39, 0.29) is 25.7 Å². The van der Waals surface area contributed by atoms with Gasteiger partial charge in [0.2, 0.25) is 12.4 Å². The molecule has 1 heterocycles. The molecule has 0 amide bonds. The molecule has 0 aromatic rings. The van der Waals surface area contributed by atoms with E-state index in [4.69, 9.17) is 28.4 Å². The second-order valence-corrected chi connectivity index (χ2v) is 7.30. The van der Waals surface area contributed by atoms with Gasteiger partial charge in [0.15, 0.2) is 12.2 Å². The summed E-state index contributed by atoms with van der Waals surface area (Å²) in [5.41, 5.74) is 0. The molecule has 1 rings (SSSR count). The lowest BCUT2D eigenvalue weighted by atomic mass is 9.98. The molecule has 13 nitrogen and oxygen atoms in total. The Morgan fingerprint density at radius 3 is 1.58 bits per heavy atom. The number of carbonyl (C=O) groups is 6. The predicted molar refractivity (Wildman–Crippen MR) is 118 cm³/mol. The van der Waals surface area contributed by atoms with E-state index < -0.39 is 73.1 Å². The van der Waals surface area contributed by atoms with Gasteiger partial charge in [-0.3, -0.25) is 19.2 Å². The molecule has 0 spiro atoms. The smallest absolute Gasteiger partial charge is 0.331 e. The quantitative estimate of drug-likeness (QED) is 0.204. The average molecular weight is 516 g/mol. The Morgan fingerprint density at radius 2 is 1.08 bits per heavy atom. The molecule has 0 saturated carbocycles. The minimum Gasteiger partial charge on any atom is -0.466 e. The SMILES string of the molecule is CCC(=O)OC1O[C@H](COC(=O)/C=C/C(=O)OC)[C@H](OC(=O)CC)[C@H](OC(=O)CC)[C@H]1OC(=O)CC. The van der Waals surface area contributed by atoms with Crippen LogP contribution in [0.4, 0.5) is 0 Å². The van der Waals surface area contributed by atoms with Crippen molar-refractivity contribution < 1.29 is 61.9 Å². The maximum absolute atomic E-state index is 12.2. The molecule has 1 unspecified atom stereocenters. The van der Waals surface area contributed by atoms with Crippen LogP contribution in [-0.4, -0.2) is 80.2 Å². The predicted octanol–water partition coefficient (Wildman–Crippen LogP) is 0.902. The van der Waals surface area contributed by atoms with Gasteiger partial charge in [0.1, 0.15) is 12.7 Å². The van der Waals surface area contributed by atoms with Gasteiger partial charge in [0.25, 0.3) is 0 Å². The van der Waals surface area contributed by atoms with E-state index in [9.17, 15) is 28.8 Å². The van der Waals surface area contributed by atoms with Crippen molar-refractivity contribution in [2.24, 2.45) is 0 Å². The zero-order chi connectivity index (χ0) is 27.3. The van der Waals surface area contributed by atoms with Crippen LogP contribution < -0.4 is 0 Å². The third-order valence-corrected chi connectivity index (χ3v) is 4.74. The highest BCUT2D eigenvalue weighted by molar-refractivity contribution is 5.91. The van der Waals surface area contributed by atoms with Crippen molar-refractivity contribution in [3.05, 3.63) is 12.2 Å². The maximum Gasteiger partial charge on any atom is 0.331 e. The highest BCUT2D eigenvalue weighted by Gasteiger charge is 2.54. The highest BCUT2D eigenvalue weighted by Crippen LogP contribution is 2.30. The number of rotatable bonds is 12. The van der Waals surface area contributed by atoms with Gasteiger partial charge in [-0.2, -0.15) is 0 Å². The Labute approximate surface area is 208 Å². The first kappa shape index (κ1) is 30.6. The van der Waals surface area contributed by atoms with Crippen LogP contribution in [0.15, 0.2) is 12.2 Å². The van der Waals surface area contributed by atoms with Crippen molar-refractivity contribution in [3.8, 4) is 0 Å². The molecular formula is C23H32O13. The van der Waals surface area contributed by atoms with Crippen LogP contribution in [0.3, 0.4) is 0 Å². The number of methoxy groups -OCH3 is 1. The second-order valence-electron chi connectivity index (χ2n) is 7.30. The molecule has 0 N–H and O–H groups in total.